The smallest absolute Gasteiger partial charge is 0.335 e. The Hall–Kier alpha value is -1.63. The maximum Gasteiger partial charge on any atom is 0.419 e. The first-order valence-corrected chi connectivity index (χ1v) is 6.73. The molecule has 7 heteroatoms. The van der Waals surface area contributed by atoms with Gasteiger partial charge in [0.25, 0.3) is 5.91 Å². The van der Waals surface area contributed by atoms with Crippen LogP contribution in [0.5, 0.6) is 0 Å². The van der Waals surface area contributed by atoms with E-state index in [9.17, 15) is 22.4 Å². The third-order valence-electron chi connectivity index (χ3n) is 3.61. The van der Waals surface area contributed by atoms with Gasteiger partial charge in [-0.1, -0.05) is 6.07 Å². The molecule has 2 rings (SSSR count). The number of nitrogens with one attached hydrogen (secondary N) is 1. The fourth-order valence-electron chi connectivity index (χ4n) is 2.54. The van der Waals surface area contributed by atoms with Gasteiger partial charge < -0.3 is 10.2 Å². The van der Waals surface area contributed by atoms with Crippen LogP contribution in [0.1, 0.15) is 29.3 Å². The van der Waals surface area contributed by atoms with Crippen molar-refractivity contribution in [2.24, 2.45) is 0 Å². The monoisotopic (exact) mass is 304 g/mol. The average molecular weight is 304 g/mol. The predicted molar refractivity (Wildman–Crippen MR) is 69.4 cm³/mol. The van der Waals surface area contributed by atoms with Gasteiger partial charge in [0, 0.05) is 19.1 Å². The highest BCUT2D eigenvalue weighted by Gasteiger charge is 2.37. The van der Waals surface area contributed by atoms with Crippen molar-refractivity contribution in [2.45, 2.75) is 25.6 Å². The van der Waals surface area contributed by atoms with Gasteiger partial charge in [0.15, 0.2) is 0 Å². The lowest BCUT2D eigenvalue weighted by Crippen LogP contribution is -2.41. The van der Waals surface area contributed by atoms with Gasteiger partial charge in [-0.25, -0.2) is 4.39 Å². The minimum absolute atomic E-state index is 0.114. The first-order valence-electron chi connectivity index (χ1n) is 6.73. The van der Waals surface area contributed by atoms with Crippen LogP contribution in [0, 0.1) is 5.82 Å². The van der Waals surface area contributed by atoms with E-state index >= 15 is 0 Å². The van der Waals surface area contributed by atoms with E-state index in [4.69, 9.17) is 0 Å². The van der Waals surface area contributed by atoms with Crippen LogP contribution in [0.2, 0.25) is 0 Å². The lowest BCUT2D eigenvalue weighted by molar-refractivity contribution is -0.140. The van der Waals surface area contributed by atoms with Crippen LogP contribution in [0.25, 0.3) is 0 Å². The molecule has 1 aliphatic heterocycles. The Kier molecular flexibility index (Phi) is 4.51. The second kappa shape index (κ2) is 6.01. The highest BCUT2D eigenvalue weighted by atomic mass is 19.4. The molecule has 0 radical (unpaired) electrons. The summed E-state index contributed by atoms with van der Waals surface area (Å²) in [6.45, 7) is 3.35. The van der Waals surface area contributed by atoms with Crippen LogP contribution in [0.15, 0.2) is 18.2 Å². The molecule has 1 aromatic rings. The van der Waals surface area contributed by atoms with Crippen LogP contribution in [-0.2, 0) is 6.18 Å². The maximum atomic E-state index is 14.0. The quantitative estimate of drug-likeness (QED) is 0.871. The lowest BCUT2D eigenvalue weighted by Gasteiger charge is -2.27. The maximum absolute atomic E-state index is 14.0. The summed E-state index contributed by atoms with van der Waals surface area (Å²) < 4.78 is 52.1. The fraction of sp³-hybridized carbons (Fsp3) is 0.500. The van der Waals surface area contributed by atoms with Gasteiger partial charge in [-0.05, 0) is 32.0 Å². The Labute approximate surface area is 119 Å². The van der Waals surface area contributed by atoms with Gasteiger partial charge in [0.2, 0.25) is 0 Å². The van der Waals surface area contributed by atoms with E-state index in [0.29, 0.717) is 25.6 Å². The first-order chi connectivity index (χ1) is 9.86. The molecule has 1 N–H and O–H groups in total. The third kappa shape index (κ3) is 3.18. The predicted octanol–water partition coefficient (Wildman–Crippen LogP) is 2.67. The SMILES string of the molecule is CCN(C(=O)c1cccc(C(F)(F)F)c1F)C1CCNC1. The number of nitrogens with zero attached hydrogens (tertiary/aromatic N) is 1. The van der Waals surface area contributed by atoms with E-state index in [1.165, 1.54) is 4.90 Å². The summed E-state index contributed by atoms with van der Waals surface area (Å²) in [5, 5.41) is 3.08. The molecule has 0 saturated carbocycles. The molecule has 1 amide bonds. The zero-order valence-electron chi connectivity index (χ0n) is 11.5. The molecule has 3 nitrogen and oxygen atoms in total. The van der Waals surface area contributed by atoms with Crippen molar-refractivity contribution >= 4 is 5.91 Å². The van der Waals surface area contributed by atoms with Crippen molar-refractivity contribution in [3.05, 3.63) is 35.1 Å². The number of amides is 1. The number of rotatable bonds is 3. The van der Waals surface area contributed by atoms with E-state index in [-0.39, 0.29) is 6.04 Å². The second-order valence-electron chi connectivity index (χ2n) is 4.90. The average Bonchev–Trinajstić information content (AvgIpc) is 2.92. The molecule has 1 aliphatic rings. The van der Waals surface area contributed by atoms with Gasteiger partial charge in [-0.15, -0.1) is 0 Å². The van der Waals surface area contributed by atoms with Crippen molar-refractivity contribution in [2.75, 3.05) is 19.6 Å². The zero-order valence-corrected chi connectivity index (χ0v) is 11.5. The standard InChI is InChI=1S/C14H16F4N2O/c1-2-20(9-6-7-19-8-9)13(21)10-4-3-5-11(12(10)15)14(16,17)18/h3-5,9,19H,2,6-8H2,1H3. The molecule has 0 aromatic heterocycles. The summed E-state index contributed by atoms with van der Waals surface area (Å²) in [5.74, 6) is -2.20. The van der Waals surface area contributed by atoms with Crippen LogP contribution >= 0.6 is 0 Å². The number of hydrogen-bond acceptors (Lipinski definition) is 2. The highest BCUT2D eigenvalue weighted by molar-refractivity contribution is 5.95. The second-order valence-corrected chi connectivity index (χ2v) is 4.90. The molecule has 21 heavy (non-hydrogen) atoms. The Morgan fingerprint density at radius 1 is 1.43 bits per heavy atom. The van der Waals surface area contributed by atoms with Gasteiger partial charge in [0.05, 0.1) is 11.1 Å². The molecule has 0 bridgehead atoms. The summed E-state index contributed by atoms with van der Waals surface area (Å²) in [6.07, 6.45) is -4.10. The summed E-state index contributed by atoms with van der Waals surface area (Å²) in [4.78, 5) is 13.8. The fourth-order valence-corrected chi connectivity index (χ4v) is 2.54. The van der Waals surface area contributed by atoms with Crippen LogP contribution < -0.4 is 5.32 Å². The molecule has 1 atom stereocenters. The summed E-state index contributed by atoms with van der Waals surface area (Å²) in [6, 6.07) is 2.67. The number of halogens is 4. The molecule has 0 spiro atoms. The van der Waals surface area contributed by atoms with Crippen molar-refractivity contribution in [3.8, 4) is 0 Å². The topological polar surface area (TPSA) is 32.3 Å². The minimum Gasteiger partial charge on any atom is -0.335 e. The number of carbonyl (C=O) groups excluding carboxylic acids is 1. The van der Waals surface area contributed by atoms with Crippen molar-refractivity contribution < 1.29 is 22.4 Å². The Morgan fingerprint density at radius 3 is 2.67 bits per heavy atom. The molecule has 1 unspecified atom stereocenters. The van der Waals surface area contributed by atoms with Crippen LogP contribution in [0.3, 0.4) is 0 Å². The zero-order chi connectivity index (χ0) is 15.6. The van der Waals surface area contributed by atoms with E-state index in [1.54, 1.807) is 6.92 Å². The molecular formula is C14H16F4N2O. The van der Waals surface area contributed by atoms with E-state index in [0.717, 1.165) is 18.7 Å². The third-order valence-corrected chi connectivity index (χ3v) is 3.61. The first kappa shape index (κ1) is 15.8. The highest BCUT2D eigenvalue weighted by Crippen LogP contribution is 2.32. The lowest BCUT2D eigenvalue weighted by atomic mass is 10.1. The van der Waals surface area contributed by atoms with Crippen LogP contribution in [0.4, 0.5) is 17.6 Å². The Balaban J connectivity index is 2.34. The number of benzene rings is 1. The largest absolute Gasteiger partial charge is 0.419 e. The van der Waals surface area contributed by atoms with Crippen molar-refractivity contribution in [1.29, 1.82) is 0 Å². The van der Waals surface area contributed by atoms with Gasteiger partial charge in [0.1, 0.15) is 5.82 Å². The number of alkyl halides is 3. The van der Waals surface area contributed by atoms with Crippen molar-refractivity contribution in [3.63, 3.8) is 0 Å². The number of hydrogen-bond donors (Lipinski definition) is 1. The molecule has 1 heterocycles. The van der Waals surface area contributed by atoms with E-state index in [2.05, 4.69) is 5.32 Å². The Bertz CT molecular complexity index is 524. The number of likely N-dealkylation sites (N-methyl/N-ethyl adjacent to an activating group) is 1. The van der Waals surface area contributed by atoms with Crippen LogP contribution in [-0.4, -0.2) is 36.5 Å². The molecule has 116 valence electrons. The molecule has 1 fully saturated rings. The minimum atomic E-state index is -4.81. The molecule has 1 aromatic carbocycles. The van der Waals surface area contributed by atoms with Crippen molar-refractivity contribution in [1.82, 2.24) is 10.2 Å². The summed E-state index contributed by atoms with van der Waals surface area (Å²) >= 11 is 0. The molecule has 1 saturated heterocycles. The van der Waals surface area contributed by atoms with Gasteiger partial charge >= 0.3 is 6.18 Å². The normalized spacial score (nSPS) is 18.8. The Morgan fingerprint density at radius 2 is 2.14 bits per heavy atom. The molecular weight excluding hydrogens is 288 g/mol. The van der Waals surface area contributed by atoms with Gasteiger partial charge in [-0.3, -0.25) is 4.79 Å². The van der Waals surface area contributed by atoms with E-state index in [1.807, 2.05) is 0 Å². The van der Waals surface area contributed by atoms with E-state index < -0.39 is 29.0 Å². The number of carbonyl (C=O) groups is 1. The summed E-state index contributed by atoms with van der Waals surface area (Å²) in [5.41, 5.74) is -1.94. The summed E-state index contributed by atoms with van der Waals surface area (Å²) in [7, 11) is 0. The molecule has 0 aliphatic carbocycles. The van der Waals surface area contributed by atoms with Gasteiger partial charge in [-0.2, -0.15) is 13.2 Å².